The first-order chi connectivity index (χ1) is 9.75. The molecule has 0 fully saturated rings. The van der Waals surface area contributed by atoms with E-state index in [-0.39, 0.29) is 0 Å². The third kappa shape index (κ3) is 4.60. The molecular weight excluding hydrogens is 260 g/mol. The summed E-state index contributed by atoms with van der Waals surface area (Å²) in [6.45, 7) is 2.06. The zero-order chi connectivity index (χ0) is 14.2. The molecule has 0 atom stereocenters. The van der Waals surface area contributed by atoms with Gasteiger partial charge in [-0.15, -0.1) is 12.6 Å². The predicted molar refractivity (Wildman–Crippen MR) is 90.3 cm³/mol. The summed E-state index contributed by atoms with van der Waals surface area (Å²) in [6, 6.07) is 28.8. The van der Waals surface area contributed by atoms with Gasteiger partial charge in [0.25, 0.3) is 0 Å². The van der Waals surface area contributed by atoms with E-state index < -0.39 is 0 Å². The normalized spacial score (nSPS) is 9.50. The number of hydrogen-bond acceptors (Lipinski definition) is 1. The molecule has 1 heteroatoms. The summed E-state index contributed by atoms with van der Waals surface area (Å²) in [6.07, 6.45) is 0. The number of aryl methyl sites for hydroxylation is 1. The molecule has 0 aliphatic rings. The van der Waals surface area contributed by atoms with Crippen molar-refractivity contribution in [3.8, 4) is 11.1 Å². The van der Waals surface area contributed by atoms with Crippen molar-refractivity contribution in [2.75, 3.05) is 0 Å². The van der Waals surface area contributed by atoms with E-state index in [2.05, 4.69) is 68.1 Å². The Morgan fingerprint density at radius 2 is 0.950 bits per heavy atom. The lowest BCUT2D eigenvalue weighted by Gasteiger charge is -1.98. The van der Waals surface area contributed by atoms with Crippen LogP contribution < -0.4 is 0 Å². The lowest BCUT2D eigenvalue weighted by molar-refractivity contribution is 1.39. The number of thiol groups is 1. The maximum absolute atomic E-state index is 4.13. The second-order valence-electron chi connectivity index (χ2n) is 4.57. The Hall–Kier alpha value is -1.99. The molecule has 0 aliphatic heterocycles. The largest absolute Gasteiger partial charge is 0.143 e. The molecule has 3 aromatic rings. The fourth-order valence-corrected chi connectivity index (χ4v) is 1.96. The van der Waals surface area contributed by atoms with Crippen LogP contribution in [0.4, 0.5) is 0 Å². The van der Waals surface area contributed by atoms with Crippen molar-refractivity contribution in [2.45, 2.75) is 11.8 Å². The minimum absolute atomic E-state index is 1.02. The molecule has 0 saturated heterocycles. The van der Waals surface area contributed by atoms with E-state index in [0.717, 1.165) is 4.90 Å². The second kappa shape index (κ2) is 7.56. The first-order valence-corrected chi connectivity index (χ1v) is 7.06. The molecular formula is C19H18S. The van der Waals surface area contributed by atoms with Gasteiger partial charge in [-0.1, -0.05) is 78.4 Å². The van der Waals surface area contributed by atoms with Gasteiger partial charge in [-0.25, -0.2) is 0 Å². The van der Waals surface area contributed by atoms with Crippen LogP contribution in [0.25, 0.3) is 11.1 Å². The van der Waals surface area contributed by atoms with Gasteiger partial charge < -0.3 is 0 Å². The molecule has 0 amide bonds. The van der Waals surface area contributed by atoms with Crippen LogP contribution in [-0.4, -0.2) is 0 Å². The molecule has 0 aromatic heterocycles. The van der Waals surface area contributed by atoms with Crippen LogP contribution in [-0.2, 0) is 0 Å². The molecule has 0 bridgehead atoms. The maximum atomic E-state index is 4.13. The highest BCUT2D eigenvalue weighted by atomic mass is 32.1. The Morgan fingerprint density at radius 3 is 1.30 bits per heavy atom. The quantitative estimate of drug-likeness (QED) is 0.547. The van der Waals surface area contributed by atoms with Crippen molar-refractivity contribution in [3.05, 3.63) is 90.5 Å². The molecule has 0 spiro atoms. The van der Waals surface area contributed by atoms with E-state index in [1.54, 1.807) is 0 Å². The molecule has 0 radical (unpaired) electrons. The summed E-state index contributed by atoms with van der Waals surface area (Å²) in [5.74, 6) is 0. The Morgan fingerprint density at radius 1 is 0.550 bits per heavy atom. The van der Waals surface area contributed by atoms with Crippen LogP contribution in [0.1, 0.15) is 5.56 Å². The van der Waals surface area contributed by atoms with E-state index in [0.29, 0.717) is 0 Å². The summed E-state index contributed by atoms with van der Waals surface area (Å²) in [4.78, 5) is 1.02. The van der Waals surface area contributed by atoms with Gasteiger partial charge in [0.05, 0.1) is 0 Å². The molecule has 0 heterocycles. The fourth-order valence-electron chi connectivity index (χ4n) is 1.81. The fraction of sp³-hybridized carbons (Fsp3) is 0.0526. The maximum Gasteiger partial charge on any atom is 0.00401 e. The zero-order valence-electron chi connectivity index (χ0n) is 11.5. The van der Waals surface area contributed by atoms with Gasteiger partial charge >= 0.3 is 0 Å². The molecule has 20 heavy (non-hydrogen) atoms. The lowest BCUT2D eigenvalue weighted by Crippen LogP contribution is -1.73. The summed E-state index contributed by atoms with van der Waals surface area (Å²) in [5.41, 5.74) is 3.83. The van der Waals surface area contributed by atoms with Crippen molar-refractivity contribution in [1.82, 2.24) is 0 Å². The van der Waals surface area contributed by atoms with Crippen molar-refractivity contribution < 1.29 is 0 Å². The highest BCUT2D eigenvalue weighted by molar-refractivity contribution is 7.80. The van der Waals surface area contributed by atoms with Crippen LogP contribution in [0.5, 0.6) is 0 Å². The van der Waals surface area contributed by atoms with Gasteiger partial charge in [0, 0.05) is 4.90 Å². The Labute approximate surface area is 126 Å². The van der Waals surface area contributed by atoms with Gasteiger partial charge in [-0.3, -0.25) is 0 Å². The highest BCUT2D eigenvalue weighted by Crippen LogP contribution is 2.17. The van der Waals surface area contributed by atoms with Gasteiger partial charge in [-0.05, 0) is 30.2 Å². The Kier molecular flexibility index (Phi) is 5.45. The third-order valence-corrected chi connectivity index (χ3v) is 3.21. The molecule has 0 N–H and O–H groups in total. The average molecular weight is 278 g/mol. The van der Waals surface area contributed by atoms with E-state index in [1.165, 1.54) is 16.7 Å². The first kappa shape index (κ1) is 14.4. The first-order valence-electron chi connectivity index (χ1n) is 6.62. The minimum atomic E-state index is 1.02. The molecule has 100 valence electrons. The minimum Gasteiger partial charge on any atom is -0.143 e. The standard InChI is InChI=1S/C12H10.C7H8S/c1-3-7-11(8-4-1)12-9-5-2-6-10-12;1-6-2-4-7(8)5-3-6/h1-10H;2-5,8H,1H3. The van der Waals surface area contributed by atoms with E-state index in [4.69, 9.17) is 0 Å². The van der Waals surface area contributed by atoms with Gasteiger partial charge in [0.2, 0.25) is 0 Å². The van der Waals surface area contributed by atoms with Gasteiger partial charge in [0.1, 0.15) is 0 Å². The summed E-state index contributed by atoms with van der Waals surface area (Å²) in [5, 5.41) is 0. The van der Waals surface area contributed by atoms with Crippen LogP contribution in [0.15, 0.2) is 89.8 Å². The molecule has 3 aromatic carbocycles. The molecule has 0 aliphatic carbocycles. The monoisotopic (exact) mass is 278 g/mol. The average Bonchev–Trinajstić information content (AvgIpc) is 2.53. The number of hydrogen-bond donors (Lipinski definition) is 1. The second-order valence-corrected chi connectivity index (χ2v) is 5.08. The molecule has 0 unspecified atom stereocenters. The number of rotatable bonds is 1. The van der Waals surface area contributed by atoms with Gasteiger partial charge in [0.15, 0.2) is 0 Å². The van der Waals surface area contributed by atoms with Crippen LogP contribution in [0.3, 0.4) is 0 Å². The van der Waals surface area contributed by atoms with Crippen LogP contribution in [0, 0.1) is 6.92 Å². The SMILES string of the molecule is Cc1ccc(S)cc1.c1ccc(-c2ccccc2)cc1. The molecule has 0 saturated carbocycles. The van der Waals surface area contributed by atoms with Crippen molar-refractivity contribution >= 4 is 12.6 Å². The van der Waals surface area contributed by atoms with Gasteiger partial charge in [-0.2, -0.15) is 0 Å². The molecule has 3 rings (SSSR count). The highest BCUT2D eigenvalue weighted by Gasteiger charge is 1.91. The smallest absolute Gasteiger partial charge is 0.00401 e. The van der Waals surface area contributed by atoms with E-state index in [9.17, 15) is 0 Å². The zero-order valence-corrected chi connectivity index (χ0v) is 12.4. The van der Waals surface area contributed by atoms with Crippen LogP contribution >= 0.6 is 12.6 Å². The Balaban J connectivity index is 0.000000160. The number of benzene rings is 3. The van der Waals surface area contributed by atoms with E-state index in [1.807, 2.05) is 36.4 Å². The lowest BCUT2D eigenvalue weighted by atomic mass is 10.1. The van der Waals surface area contributed by atoms with Crippen LogP contribution in [0.2, 0.25) is 0 Å². The summed E-state index contributed by atoms with van der Waals surface area (Å²) < 4.78 is 0. The van der Waals surface area contributed by atoms with E-state index >= 15 is 0 Å². The third-order valence-electron chi connectivity index (χ3n) is 2.91. The van der Waals surface area contributed by atoms with Crippen molar-refractivity contribution in [1.29, 1.82) is 0 Å². The van der Waals surface area contributed by atoms with Crippen molar-refractivity contribution in [3.63, 3.8) is 0 Å². The Bertz CT molecular complexity index is 554. The molecule has 0 nitrogen and oxygen atoms in total. The summed E-state index contributed by atoms with van der Waals surface area (Å²) >= 11 is 4.13. The van der Waals surface area contributed by atoms with Crippen molar-refractivity contribution in [2.24, 2.45) is 0 Å². The predicted octanol–water partition coefficient (Wildman–Crippen LogP) is 5.64. The summed E-state index contributed by atoms with van der Waals surface area (Å²) in [7, 11) is 0. The topological polar surface area (TPSA) is 0 Å².